The normalized spacial score (nSPS) is 22.1. The lowest BCUT2D eigenvalue weighted by Crippen LogP contribution is -2.11. The topological polar surface area (TPSA) is 52.0 Å². The molecule has 0 saturated carbocycles. The Labute approximate surface area is 106 Å². The van der Waals surface area contributed by atoms with Gasteiger partial charge in [0.1, 0.15) is 0 Å². The maximum Gasteiger partial charge on any atom is 0.152 e. The van der Waals surface area contributed by atoms with Gasteiger partial charge in [0.2, 0.25) is 0 Å². The molecule has 0 bridgehead atoms. The quantitative estimate of drug-likeness (QED) is 0.830. The molecule has 3 rings (SSSR count). The van der Waals surface area contributed by atoms with Crippen LogP contribution >= 0.6 is 0 Å². The summed E-state index contributed by atoms with van der Waals surface area (Å²) in [4.78, 5) is 0. The van der Waals surface area contributed by atoms with Crippen molar-refractivity contribution in [3.8, 4) is 11.1 Å². The van der Waals surface area contributed by atoms with Crippen LogP contribution in [0.5, 0.6) is 0 Å². The Hall–Kier alpha value is -1.62. The second-order valence-corrected chi connectivity index (χ2v) is 6.86. The molecule has 0 spiro atoms. The molecule has 1 aromatic carbocycles. The molecule has 94 valence electrons. The maximum absolute atomic E-state index is 11.4. The standard InChI is InChI=1S/C13H14N2O2S/c16-18(17)7-6-13(10-18)15-9-12(8-14-15)11-4-2-1-3-5-11/h1-5,8-9,13H,6-7,10H2. The van der Waals surface area contributed by atoms with Crippen LogP contribution in [0.3, 0.4) is 0 Å². The molecule has 1 unspecified atom stereocenters. The average Bonchev–Trinajstić information content (AvgIpc) is 2.96. The fourth-order valence-electron chi connectivity index (χ4n) is 2.30. The van der Waals surface area contributed by atoms with Crippen LogP contribution in [-0.2, 0) is 9.84 Å². The van der Waals surface area contributed by atoms with Crippen molar-refractivity contribution in [3.05, 3.63) is 42.7 Å². The Morgan fingerprint density at radius 2 is 1.94 bits per heavy atom. The zero-order valence-corrected chi connectivity index (χ0v) is 10.7. The molecule has 1 fully saturated rings. The van der Waals surface area contributed by atoms with E-state index in [9.17, 15) is 8.42 Å². The van der Waals surface area contributed by atoms with Gasteiger partial charge in [-0.05, 0) is 12.0 Å². The number of sulfone groups is 1. The van der Waals surface area contributed by atoms with Gasteiger partial charge in [-0.15, -0.1) is 0 Å². The molecule has 0 aliphatic carbocycles. The van der Waals surface area contributed by atoms with Gasteiger partial charge in [0.05, 0.1) is 23.7 Å². The monoisotopic (exact) mass is 262 g/mol. The van der Waals surface area contributed by atoms with Gasteiger partial charge in [-0.3, -0.25) is 4.68 Å². The van der Waals surface area contributed by atoms with E-state index in [1.54, 1.807) is 10.9 Å². The average molecular weight is 262 g/mol. The van der Waals surface area contributed by atoms with Crippen molar-refractivity contribution in [3.63, 3.8) is 0 Å². The molecular weight excluding hydrogens is 248 g/mol. The molecule has 1 aliphatic heterocycles. The Morgan fingerprint density at radius 1 is 1.17 bits per heavy atom. The van der Waals surface area contributed by atoms with E-state index in [4.69, 9.17) is 0 Å². The van der Waals surface area contributed by atoms with E-state index in [1.807, 2.05) is 36.5 Å². The number of nitrogens with zero attached hydrogens (tertiary/aromatic N) is 2. The molecule has 1 aliphatic rings. The summed E-state index contributed by atoms with van der Waals surface area (Å²) < 4.78 is 24.7. The minimum absolute atomic E-state index is 0.00698. The third-order valence-electron chi connectivity index (χ3n) is 3.29. The predicted molar refractivity (Wildman–Crippen MR) is 70.0 cm³/mol. The van der Waals surface area contributed by atoms with Crippen LogP contribution in [0.15, 0.2) is 42.7 Å². The molecule has 1 aromatic heterocycles. The van der Waals surface area contributed by atoms with Crippen molar-refractivity contribution in [1.29, 1.82) is 0 Å². The second-order valence-electron chi connectivity index (χ2n) is 4.63. The zero-order valence-electron chi connectivity index (χ0n) is 9.86. The Balaban J connectivity index is 1.87. The van der Waals surface area contributed by atoms with Crippen molar-refractivity contribution in [2.75, 3.05) is 11.5 Å². The number of rotatable bonds is 2. The van der Waals surface area contributed by atoms with Gasteiger partial charge in [0.15, 0.2) is 9.84 Å². The molecule has 5 heteroatoms. The summed E-state index contributed by atoms with van der Waals surface area (Å²) in [5.41, 5.74) is 2.13. The first-order chi connectivity index (χ1) is 8.64. The predicted octanol–water partition coefficient (Wildman–Crippen LogP) is 1.91. The van der Waals surface area contributed by atoms with Crippen LogP contribution in [0.1, 0.15) is 12.5 Å². The summed E-state index contributed by atoms with van der Waals surface area (Å²) in [6.07, 6.45) is 4.39. The number of hydrogen-bond acceptors (Lipinski definition) is 3. The van der Waals surface area contributed by atoms with Crippen LogP contribution < -0.4 is 0 Å². The molecule has 2 heterocycles. The molecule has 0 radical (unpaired) electrons. The summed E-state index contributed by atoms with van der Waals surface area (Å²) in [6, 6.07) is 9.96. The summed E-state index contributed by atoms with van der Waals surface area (Å²) in [5.74, 6) is 0.487. The third kappa shape index (κ3) is 2.18. The fourth-order valence-corrected chi connectivity index (χ4v) is 4.00. The zero-order chi connectivity index (χ0) is 12.6. The van der Waals surface area contributed by atoms with Gasteiger partial charge >= 0.3 is 0 Å². The number of aromatic nitrogens is 2. The lowest BCUT2D eigenvalue weighted by molar-refractivity contribution is 0.500. The fraction of sp³-hybridized carbons (Fsp3) is 0.308. The van der Waals surface area contributed by atoms with Crippen LogP contribution in [0, 0.1) is 0 Å². The highest BCUT2D eigenvalue weighted by molar-refractivity contribution is 7.91. The van der Waals surface area contributed by atoms with Crippen LogP contribution in [0.4, 0.5) is 0 Å². The largest absolute Gasteiger partial charge is 0.268 e. The van der Waals surface area contributed by atoms with Crippen molar-refractivity contribution >= 4 is 9.84 Å². The second kappa shape index (κ2) is 4.24. The smallest absolute Gasteiger partial charge is 0.152 e. The minimum atomic E-state index is -2.86. The first kappa shape index (κ1) is 11.5. The summed E-state index contributed by atoms with van der Waals surface area (Å²) >= 11 is 0. The lowest BCUT2D eigenvalue weighted by Gasteiger charge is -2.07. The third-order valence-corrected chi connectivity index (χ3v) is 5.04. The van der Waals surface area contributed by atoms with Gasteiger partial charge < -0.3 is 0 Å². The molecule has 0 N–H and O–H groups in total. The van der Waals surface area contributed by atoms with E-state index >= 15 is 0 Å². The van der Waals surface area contributed by atoms with E-state index in [0.29, 0.717) is 6.42 Å². The highest BCUT2D eigenvalue weighted by atomic mass is 32.2. The van der Waals surface area contributed by atoms with Gasteiger partial charge in [-0.2, -0.15) is 5.10 Å². The van der Waals surface area contributed by atoms with Gasteiger partial charge in [0, 0.05) is 11.8 Å². The van der Waals surface area contributed by atoms with E-state index in [1.165, 1.54) is 0 Å². The first-order valence-electron chi connectivity index (χ1n) is 5.94. The number of hydrogen-bond donors (Lipinski definition) is 0. The maximum atomic E-state index is 11.4. The Kier molecular flexibility index (Phi) is 2.70. The van der Waals surface area contributed by atoms with Crippen molar-refractivity contribution < 1.29 is 8.42 Å². The van der Waals surface area contributed by atoms with Gasteiger partial charge in [-0.25, -0.2) is 8.42 Å². The molecule has 1 atom stereocenters. The van der Waals surface area contributed by atoms with Gasteiger partial charge in [-0.1, -0.05) is 30.3 Å². The lowest BCUT2D eigenvalue weighted by atomic mass is 10.1. The molecule has 2 aromatic rings. The molecule has 18 heavy (non-hydrogen) atoms. The molecule has 0 amide bonds. The number of benzene rings is 1. The molecule has 4 nitrogen and oxygen atoms in total. The Bertz CT molecular complexity index is 647. The minimum Gasteiger partial charge on any atom is -0.268 e. The summed E-state index contributed by atoms with van der Waals surface area (Å²) in [5, 5.41) is 4.29. The van der Waals surface area contributed by atoms with Crippen LogP contribution in [0.2, 0.25) is 0 Å². The SMILES string of the molecule is O=S1(=O)CCC(n2cc(-c3ccccc3)cn2)C1. The van der Waals surface area contributed by atoms with Crippen molar-refractivity contribution in [2.45, 2.75) is 12.5 Å². The van der Waals surface area contributed by atoms with E-state index < -0.39 is 9.84 Å². The van der Waals surface area contributed by atoms with Crippen LogP contribution in [-0.4, -0.2) is 29.7 Å². The molecule has 1 saturated heterocycles. The van der Waals surface area contributed by atoms with E-state index in [0.717, 1.165) is 11.1 Å². The van der Waals surface area contributed by atoms with E-state index in [-0.39, 0.29) is 17.5 Å². The van der Waals surface area contributed by atoms with Gasteiger partial charge in [0.25, 0.3) is 0 Å². The summed E-state index contributed by atoms with van der Waals surface area (Å²) in [6.45, 7) is 0. The van der Waals surface area contributed by atoms with E-state index in [2.05, 4.69) is 5.10 Å². The Morgan fingerprint density at radius 3 is 2.61 bits per heavy atom. The van der Waals surface area contributed by atoms with Crippen molar-refractivity contribution in [1.82, 2.24) is 9.78 Å². The molecular formula is C13H14N2O2S. The van der Waals surface area contributed by atoms with Crippen molar-refractivity contribution in [2.24, 2.45) is 0 Å². The summed E-state index contributed by atoms with van der Waals surface area (Å²) in [7, 11) is -2.86. The van der Waals surface area contributed by atoms with Crippen LogP contribution in [0.25, 0.3) is 11.1 Å². The first-order valence-corrected chi connectivity index (χ1v) is 7.76. The highest BCUT2D eigenvalue weighted by Gasteiger charge is 2.29. The highest BCUT2D eigenvalue weighted by Crippen LogP contribution is 2.25.